The van der Waals surface area contributed by atoms with E-state index in [-0.39, 0.29) is 17.7 Å². The van der Waals surface area contributed by atoms with Crippen LogP contribution in [0, 0.1) is 12.8 Å². The monoisotopic (exact) mass is 323 g/mol. The van der Waals surface area contributed by atoms with E-state index >= 15 is 0 Å². The van der Waals surface area contributed by atoms with E-state index in [1.165, 1.54) is 0 Å². The van der Waals surface area contributed by atoms with Crippen LogP contribution >= 0.6 is 11.3 Å². The first kappa shape index (κ1) is 16.9. The molecule has 1 aromatic rings. The Kier molecular flexibility index (Phi) is 5.94. The van der Waals surface area contributed by atoms with Crippen molar-refractivity contribution >= 4 is 23.2 Å². The molecule has 0 bridgehead atoms. The van der Waals surface area contributed by atoms with Gasteiger partial charge in [0.05, 0.1) is 23.2 Å². The lowest BCUT2D eigenvalue weighted by atomic mass is 9.97. The standard InChI is InChI=1S/C16H25N3O2S/c1-4-6-15-18-11(2)14(22-15)9-17-16(21)13-7-5-8-19(10-13)12(3)20/h13H,4-10H2,1-3H3,(H,17,21)/t13-/m0/s1. The van der Waals surface area contributed by atoms with Gasteiger partial charge in [0.25, 0.3) is 0 Å². The molecule has 0 saturated carbocycles. The molecular weight excluding hydrogens is 298 g/mol. The molecule has 1 N–H and O–H groups in total. The molecule has 1 saturated heterocycles. The molecule has 0 unspecified atom stereocenters. The highest BCUT2D eigenvalue weighted by Crippen LogP contribution is 2.20. The minimum Gasteiger partial charge on any atom is -0.351 e. The zero-order valence-corrected chi connectivity index (χ0v) is 14.5. The number of nitrogens with zero attached hydrogens (tertiary/aromatic N) is 2. The van der Waals surface area contributed by atoms with Crippen LogP contribution in [0.5, 0.6) is 0 Å². The van der Waals surface area contributed by atoms with E-state index in [1.807, 2.05) is 6.92 Å². The fourth-order valence-electron chi connectivity index (χ4n) is 2.76. The van der Waals surface area contributed by atoms with E-state index < -0.39 is 0 Å². The van der Waals surface area contributed by atoms with E-state index in [0.29, 0.717) is 13.1 Å². The van der Waals surface area contributed by atoms with Crippen LogP contribution in [0.3, 0.4) is 0 Å². The first-order valence-corrected chi connectivity index (χ1v) is 8.81. The van der Waals surface area contributed by atoms with Gasteiger partial charge in [-0.05, 0) is 32.6 Å². The van der Waals surface area contributed by atoms with Gasteiger partial charge in [-0.1, -0.05) is 6.92 Å². The summed E-state index contributed by atoms with van der Waals surface area (Å²) in [6.07, 6.45) is 3.84. The molecule has 2 heterocycles. The third kappa shape index (κ3) is 4.29. The Morgan fingerprint density at radius 1 is 1.45 bits per heavy atom. The molecule has 1 atom stereocenters. The van der Waals surface area contributed by atoms with Gasteiger partial charge in [0.1, 0.15) is 0 Å². The summed E-state index contributed by atoms with van der Waals surface area (Å²) < 4.78 is 0. The van der Waals surface area contributed by atoms with E-state index in [0.717, 1.165) is 47.8 Å². The Morgan fingerprint density at radius 2 is 2.23 bits per heavy atom. The van der Waals surface area contributed by atoms with Gasteiger partial charge in [-0.25, -0.2) is 4.98 Å². The number of nitrogens with one attached hydrogen (secondary N) is 1. The Hall–Kier alpha value is -1.43. The van der Waals surface area contributed by atoms with Gasteiger partial charge < -0.3 is 10.2 Å². The third-order valence-electron chi connectivity index (χ3n) is 4.06. The number of rotatable bonds is 5. The van der Waals surface area contributed by atoms with Gasteiger partial charge in [-0.2, -0.15) is 0 Å². The number of likely N-dealkylation sites (tertiary alicyclic amines) is 1. The minimum absolute atomic E-state index is 0.0517. The molecule has 6 heteroatoms. The molecule has 0 aliphatic carbocycles. The van der Waals surface area contributed by atoms with Crippen LogP contribution in [0.4, 0.5) is 0 Å². The SMILES string of the molecule is CCCc1nc(C)c(CNC(=O)[C@H]2CCCN(C(C)=O)C2)s1. The van der Waals surface area contributed by atoms with Crippen molar-refractivity contribution in [1.82, 2.24) is 15.2 Å². The second kappa shape index (κ2) is 7.72. The van der Waals surface area contributed by atoms with Gasteiger partial charge in [0.15, 0.2) is 0 Å². The number of piperidine rings is 1. The van der Waals surface area contributed by atoms with Crippen LogP contribution in [0.15, 0.2) is 0 Å². The lowest BCUT2D eigenvalue weighted by Gasteiger charge is -2.31. The van der Waals surface area contributed by atoms with Crippen LogP contribution in [0.1, 0.15) is 48.7 Å². The van der Waals surface area contributed by atoms with Crippen molar-refractivity contribution in [2.75, 3.05) is 13.1 Å². The first-order chi connectivity index (χ1) is 10.5. The average molecular weight is 323 g/mol. The van der Waals surface area contributed by atoms with Crippen molar-refractivity contribution in [2.24, 2.45) is 5.92 Å². The Bertz CT molecular complexity index is 541. The smallest absolute Gasteiger partial charge is 0.225 e. The van der Waals surface area contributed by atoms with Gasteiger partial charge in [0, 0.05) is 24.9 Å². The molecule has 22 heavy (non-hydrogen) atoms. The summed E-state index contributed by atoms with van der Waals surface area (Å²) in [6, 6.07) is 0. The summed E-state index contributed by atoms with van der Waals surface area (Å²) in [7, 11) is 0. The molecule has 0 spiro atoms. The first-order valence-electron chi connectivity index (χ1n) is 7.99. The summed E-state index contributed by atoms with van der Waals surface area (Å²) in [5.74, 6) is 0.0248. The predicted octanol–water partition coefficient (Wildman–Crippen LogP) is 2.28. The summed E-state index contributed by atoms with van der Waals surface area (Å²) >= 11 is 1.69. The zero-order valence-electron chi connectivity index (χ0n) is 13.6. The second-order valence-corrected chi connectivity index (χ2v) is 7.06. The topological polar surface area (TPSA) is 62.3 Å². The average Bonchev–Trinajstić information content (AvgIpc) is 2.85. The fraction of sp³-hybridized carbons (Fsp3) is 0.688. The molecule has 5 nitrogen and oxygen atoms in total. The maximum absolute atomic E-state index is 12.3. The molecule has 1 aliphatic heterocycles. The largest absolute Gasteiger partial charge is 0.351 e. The number of aromatic nitrogens is 1. The number of hydrogen-bond acceptors (Lipinski definition) is 4. The Labute approximate surface area is 136 Å². The van der Waals surface area contributed by atoms with Gasteiger partial charge in [-0.3, -0.25) is 9.59 Å². The fourth-order valence-corrected chi connectivity index (χ4v) is 3.87. The van der Waals surface area contributed by atoms with Crippen LogP contribution < -0.4 is 5.32 Å². The van der Waals surface area contributed by atoms with Crippen molar-refractivity contribution in [3.05, 3.63) is 15.6 Å². The van der Waals surface area contributed by atoms with Crippen LogP contribution in [0.25, 0.3) is 0 Å². The quantitative estimate of drug-likeness (QED) is 0.904. The Morgan fingerprint density at radius 3 is 2.91 bits per heavy atom. The number of amides is 2. The molecule has 0 aromatic carbocycles. The summed E-state index contributed by atoms with van der Waals surface area (Å²) in [6.45, 7) is 7.56. The maximum Gasteiger partial charge on any atom is 0.225 e. The highest BCUT2D eigenvalue weighted by Gasteiger charge is 2.26. The summed E-state index contributed by atoms with van der Waals surface area (Å²) in [4.78, 5) is 31.2. The number of aryl methyl sites for hydroxylation is 2. The minimum atomic E-state index is -0.0824. The van der Waals surface area contributed by atoms with Crippen molar-refractivity contribution in [3.63, 3.8) is 0 Å². The van der Waals surface area contributed by atoms with Gasteiger partial charge in [-0.15, -0.1) is 11.3 Å². The second-order valence-electron chi connectivity index (χ2n) is 5.89. The van der Waals surface area contributed by atoms with Crippen molar-refractivity contribution in [3.8, 4) is 0 Å². The van der Waals surface area contributed by atoms with Crippen LogP contribution in [-0.2, 0) is 22.6 Å². The lowest BCUT2D eigenvalue weighted by molar-refractivity contribution is -0.134. The summed E-state index contributed by atoms with van der Waals surface area (Å²) in [5.41, 5.74) is 1.02. The van der Waals surface area contributed by atoms with E-state index in [9.17, 15) is 9.59 Å². The van der Waals surface area contributed by atoms with Crippen LogP contribution in [-0.4, -0.2) is 34.8 Å². The third-order valence-corrected chi connectivity index (χ3v) is 5.28. The van der Waals surface area contributed by atoms with E-state index in [2.05, 4.69) is 17.2 Å². The molecular formula is C16H25N3O2S. The van der Waals surface area contributed by atoms with Crippen LogP contribution in [0.2, 0.25) is 0 Å². The molecule has 2 amide bonds. The molecule has 1 aliphatic rings. The molecule has 122 valence electrons. The molecule has 1 fully saturated rings. The highest BCUT2D eigenvalue weighted by atomic mass is 32.1. The predicted molar refractivity (Wildman–Crippen MR) is 87.7 cm³/mol. The highest BCUT2D eigenvalue weighted by molar-refractivity contribution is 7.11. The molecule has 0 radical (unpaired) electrons. The van der Waals surface area contributed by atoms with E-state index in [1.54, 1.807) is 23.2 Å². The van der Waals surface area contributed by atoms with Crippen molar-refractivity contribution < 1.29 is 9.59 Å². The maximum atomic E-state index is 12.3. The number of carbonyl (C=O) groups excluding carboxylic acids is 2. The van der Waals surface area contributed by atoms with E-state index in [4.69, 9.17) is 0 Å². The molecule has 2 rings (SSSR count). The Balaban J connectivity index is 1.88. The molecule has 1 aromatic heterocycles. The zero-order chi connectivity index (χ0) is 16.1. The summed E-state index contributed by atoms with van der Waals surface area (Å²) in [5, 5.41) is 4.16. The van der Waals surface area contributed by atoms with Crippen molar-refractivity contribution in [1.29, 1.82) is 0 Å². The normalized spacial score (nSPS) is 18.3. The number of thiazole rings is 1. The van der Waals surface area contributed by atoms with Crippen molar-refractivity contribution in [2.45, 2.75) is 53.0 Å². The number of hydrogen-bond donors (Lipinski definition) is 1. The van der Waals surface area contributed by atoms with Gasteiger partial charge >= 0.3 is 0 Å². The number of carbonyl (C=O) groups is 2. The lowest BCUT2D eigenvalue weighted by Crippen LogP contribution is -2.44. The van der Waals surface area contributed by atoms with Gasteiger partial charge in [0.2, 0.25) is 11.8 Å².